The van der Waals surface area contributed by atoms with Crippen LogP contribution in [-0.4, -0.2) is 21.8 Å². The second-order valence-electron chi connectivity index (χ2n) is 4.78. The zero-order chi connectivity index (χ0) is 15.2. The molecule has 21 heavy (non-hydrogen) atoms. The zero-order valence-electron chi connectivity index (χ0n) is 12.8. The summed E-state index contributed by atoms with van der Waals surface area (Å²) in [7, 11) is 0. The fourth-order valence-corrected chi connectivity index (χ4v) is 3.13. The van der Waals surface area contributed by atoms with Gasteiger partial charge in [0, 0.05) is 23.4 Å². The van der Waals surface area contributed by atoms with Gasteiger partial charge < -0.3 is 10.5 Å². The first kappa shape index (κ1) is 15.9. The Bertz CT molecular complexity index is 597. The first-order valence-electron chi connectivity index (χ1n) is 7.30. The molecule has 0 fully saturated rings. The van der Waals surface area contributed by atoms with Crippen LogP contribution in [0.3, 0.4) is 0 Å². The van der Waals surface area contributed by atoms with Crippen molar-refractivity contribution in [3.63, 3.8) is 0 Å². The van der Waals surface area contributed by atoms with E-state index in [1.165, 1.54) is 10.4 Å². The first-order chi connectivity index (χ1) is 10.2. The molecule has 0 saturated heterocycles. The van der Waals surface area contributed by atoms with Gasteiger partial charge in [0.2, 0.25) is 5.88 Å². The van der Waals surface area contributed by atoms with Gasteiger partial charge in [-0.05, 0) is 25.3 Å². The Kier molecular flexibility index (Phi) is 5.64. The number of hydrogen-bond acceptors (Lipinski definition) is 6. The van der Waals surface area contributed by atoms with E-state index in [9.17, 15) is 0 Å². The lowest BCUT2D eigenvalue weighted by molar-refractivity contribution is 0.301. The molecular weight excluding hydrogens is 284 g/mol. The van der Waals surface area contributed by atoms with E-state index in [-0.39, 0.29) is 0 Å². The maximum Gasteiger partial charge on any atom is 0.238 e. The molecule has 0 aliphatic rings. The van der Waals surface area contributed by atoms with Crippen LogP contribution in [0, 0.1) is 6.92 Å². The third kappa shape index (κ3) is 3.57. The van der Waals surface area contributed by atoms with Crippen molar-refractivity contribution >= 4 is 11.3 Å². The summed E-state index contributed by atoms with van der Waals surface area (Å²) in [6.45, 7) is 7.21. The summed E-state index contributed by atoms with van der Waals surface area (Å²) < 4.78 is 5.82. The summed E-state index contributed by atoms with van der Waals surface area (Å²) in [5.74, 6) is 0.578. The normalized spacial score (nSPS) is 10.9. The third-order valence-corrected chi connectivity index (χ3v) is 4.53. The van der Waals surface area contributed by atoms with Gasteiger partial charge in [-0.25, -0.2) is 4.98 Å². The predicted octanol–water partition coefficient (Wildman–Crippen LogP) is 2.45. The smallest absolute Gasteiger partial charge is 0.238 e. The first-order valence-corrected chi connectivity index (χ1v) is 8.18. The Morgan fingerprint density at radius 1 is 1.19 bits per heavy atom. The van der Waals surface area contributed by atoms with Crippen LogP contribution in [0.1, 0.15) is 41.2 Å². The molecule has 0 aliphatic heterocycles. The number of ether oxygens (including phenoxy) is 1. The summed E-state index contributed by atoms with van der Waals surface area (Å²) in [6.07, 6.45) is 2.60. The molecule has 0 aromatic carbocycles. The molecule has 0 saturated carbocycles. The average Bonchev–Trinajstić information content (AvgIpc) is 2.91. The molecule has 6 heteroatoms. The second kappa shape index (κ2) is 7.47. The van der Waals surface area contributed by atoms with Gasteiger partial charge in [-0.3, -0.25) is 0 Å². The minimum Gasteiger partial charge on any atom is -0.476 e. The van der Waals surface area contributed by atoms with Crippen LogP contribution in [0.5, 0.6) is 5.88 Å². The van der Waals surface area contributed by atoms with Gasteiger partial charge in [0.25, 0.3) is 0 Å². The van der Waals surface area contributed by atoms with E-state index in [4.69, 9.17) is 10.5 Å². The molecule has 2 aromatic rings. The van der Waals surface area contributed by atoms with Gasteiger partial charge in [-0.1, -0.05) is 13.8 Å². The molecule has 0 radical (unpaired) electrons. The van der Waals surface area contributed by atoms with Gasteiger partial charge in [-0.2, -0.15) is 5.10 Å². The molecule has 2 aromatic heterocycles. The summed E-state index contributed by atoms with van der Waals surface area (Å²) >= 11 is 1.66. The molecule has 0 bridgehead atoms. The molecule has 0 atom stereocenters. The lowest BCUT2D eigenvalue weighted by Gasteiger charge is -2.14. The average molecular weight is 306 g/mol. The monoisotopic (exact) mass is 306 g/mol. The molecule has 0 unspecified atom stereocenters. The van der Waals surface area contributed by atoms with Crippen LogP contribution < -0.4 is 10.5 Å². The number of aromatic nitrogens is 3. The molecule has 0 aliphatic carbocycles. The highest BCUT2D eigenvalue weighted by atomic mass is 32.1. The van der Waals surface area contributed by atoms with Gasteiger partial charge in [-0.15, -0.1) is 16.4 Å². The maximum atomic E-state index is 5.89. The lowest BCUT2D eigenvalue weighted by Crippen LogP contribution is -2.13. The van der Waals surface area contributed by atoms with E-state index in [1.807, 2.05) is 12.4 Å². The van der Waals surface area contributed by atoms with E-state index < -0.39 is 0 Å². The van der Waals surface area contributed by atoms with Gasteiger partial charge in [0.1, 0.15) is 0 Å². The summed E-state index contributed by atoms with van der Waals surface area (Å²) in [5, 5.41) is 8.48. The number of nitrogens with zero attached hydrogens (tertiary/aromatic N) is 3. The predicted molar refractivity (Wildman–Crippen MR) is 84.7 cm³/mol. The zero-order valence-corrected chi connectivity index (χ0v) is 13.7. The Morgan fingerprint density at radius 2 is 2.00 bits per heavy atom. The van der Waals surface area contributed by atoms with Crippen LogP contribution in [0.15, 0.2) is 5.51 Å². The molecular formula is C15H22N4OS. The topological polar surface area (TPSA) is 73.9 Å². The molecule has 2 heterocycles. The molecule has 2 rings (SSSR count). The number of aryl methyl sites for hydroxylation is 2. The van der Waals surface area contributed by atoms with Crippen molar-refractivity contribution in [3.05, 3.63) is 32.9 Å². The van der Waals surface area contributed by atoms with Crippen molar-refractivity contribution in [2.24, 2.45) is 5.73 Å². The van der Waals surface area contributed by atoms with Crippen LogP contribution in [0.4, 0.5) is 0 Å². The van der Waals surface area contributed by atoms with Crippen molar-refractivity contribution in [1.29, 1.82) is 0 Å². The summed E-state index contributed by atoms with van der Waals surface area (Å²) in [5.41, 5.74) is 12.0. The van der Waals surface area contributed by atoms with Crippen LogP contribution in [-0.2, 0) is 25.8 Å². The van der Waals surface area contributed by atoms with E-state index in [2.05, 4.69) is 29.0 Å². The molecule has 0 spiro atoms. The number of rotatable bonds is 7. The highest BCUT2D eigenvalue weighted by Crippen LogP contribution is 2.22. The highest BCUT2D eigenvalue weighted by Gasteiger charge is 2.14. The Morgan fingerprint density at radius 3 is 2.57 bits per heavy atom. The van der Waals surface area contributed by atoms with Crippen molar-refractivity contribution < 1.29 is 4.74 Å². The number of hydrogen-bond donors (Lipinski definition) is 1. The third-order valence-electron chi connectivity index (χ3n) is 3.54. The standard InChI is InChI=1S/C15H22N4OS/c1-4-11-12(8-16)15(19-18-13(11)5-2)20-7-6-14-10(3)17-9-21-14/h9H,4-8,16H2,1-3H3. The number of nitrogens with two attached hydrogens (primary N) is 1. The maximum absolute atomic E-state index is 5.89. The van der Waals surface area contributed by atoms with Gasteiger partial charge in [0.05, 0.1) is 23.5 Å². The quantitative estimate of drug-likeness (QED) is 0.850. The molecule has 114 valence electrons. The summed E-state index contributed by atoms with van der Waals surface area (Å²) in [4.78, 5) is 5.49. The Labute approximate surface area is 129 Å². The van der Waals surface area contributed by atoms with Crippen LogP contribution in [0.25, 0.3) is 0 Å². The molecule has 2 N–H and O–H groups in total. The van der Waals surface area contributed by atoms with Crippen molar-refractivity contribution in [3.8, 4) is 5.88 Å². The molecule has 5 nitrogen and oxygen atoms in total. The fraction of sp³-hybridized carbons (Fsp3) is 0.533. The van der Waals surface area contributed by atoms with Crippen LogP contribution in [0.2, 0.25) is 0 Å². The number of thiazole rings is 1. The SMILES string of the molecule is CCc1nnc(OCCc2scnc2C)c(CN)c1CC. The van der Waals surface area contributed by atoms with Crippen LogP contribution >= 0.6 is 11.3 Å². The lowest BCUT2D eigenvalue weighted by atomic mass is 10.0. The van der Waals surface area contributed by atoms with Crippen molar-refractivity contribution in [2.75, 3.05) is 6.61 Å². The second-order valence-corrected chi connectivity index (χ2v) is 5.72. The fourth-order valence-electron chi connectivity index (χ4n) is 2.36. The Hall–Kier alpha value is -1.53. The van der Waals surface area contributed by atoms with E-state index in [0.717, 1.165) is 36.2 Å². The highest BCUT2D eigenvalue weighted by molar-refractivity contribution is 7.09. The Balaban J connectivity index is 2.11. The minimum absolute atomic E-state index is 0.431. The van der Waals surface area contributed by atoms with Gasteiger partial charge in [0.15, 0.2) is 0 Å². The van der Waals surface area contributed by atoms with Crippen molar-refractivity contribution in [2.45, 2.75) is 46.6 Å². The van der Waals surface area contributed by atoms with E-state index >= 15 is 0 Å². The van der Waals surface area contributed by atoms with E-state index in [1.54, 1.807) is 11.3 Å². The largest absolute Gasteiger partial charge is 0.476 e. The molecule has 0 amide bonds. The van der Waals surface area contributed by atoms with Gasteiger partial charge >= 0.3 is 0 Å². The minimum atomic E-state index is 0.431. The van der Waals surface area contributed by atoms with Crippen molar-refractivity contribution in [1.82, 2.24) is 15.2 Å². The summed E-state index contributed by atoms with van der Waals surface area (Å²) in [6, 6.07) is 0. The van der Waals surface area contributed by atoms with E-state index in [0.29, 0.717) is 19.0 Å².